The predicted molar refractivity (Wildman–Crippen MR) is 94.1 cm³/mol. The maximum absolute atomic E-state index is 13.1. The van der Waals surface area contributed by atoms with Crippen LogP contribution in [0, 0.1) is 10.4 Å². The number of likely N-dealkylation sites (N-methyl/N-ethyl adjacent to an activating group) is 1. The van der Waals surface area contributed by atoms with Gasteiger partial charge in [0.05, 0.1) is 12.6 Å². The molecule has 3 heterocycles. The molecule has 2 aromatic heterocycles. The Balaban J connectivity index is 1.88. The van der Waals surface area contributed by atoms with Gasteiger partial charge in [-0.15, -0.1) is 0 Å². The summed E-state index contributed by atoms with van der Waals surface area (Å²) >= 11 is 0. The fourth-order valence-electron chi connectivity index (χ4n) is 3.26. The number of piperazine rings is 1. The van der Waals surface area contributed by atoms with Gasteiger partial charge in [-0.3, -0.25) is 4.79 Å². The first kappa shape index (κ1) is 15.2. The largest absolute Gasteiger partial charge is 0.633 e. The zero-order valence-electron chi connectivity index (χ0n) is 13.4. The summed E-state index contributed by atoms with van der Waals surface area (Å²) in [4.78, 5) is 19.5. The third-order valence-corrected chi connectivity index (χ3v) is 4.84. The molecule has 1 aliphatic heterocycles. The molecule has 0 radical (unpaired) electrons. The van der Waals surface area contributed by atoms with Crippen molar-refractivity contribution < 1.29 is 4.65 Å². The highest BCUT2D eigenvalue weighted by molar-refractivity contribution is 6.03. The molecule has 0 spiro atoms. The van der Waals surface area contributed by atoms with Crippen LogP contribution in [0.25, 0.3) is 21.8 Å². The van der Waals surface area contributed by atoms with Gasteiger partial charge in [-0.2, -0.15) is 4.98 Å². The van der Waals surface area contributed by atoms with E-state index in [0.29, 0.717) is 22.2 Å². The third-order valence-electron chi connectivity index (χ3n) is 4.84. The predicted octanol–water partition coefficient (Wildman–Crippen LogP) is 1.84. The molecule has 3 aromatic rings. The highest BCUT2D eigenvalue weighted by atomic mass is 16.6. The normalized spacial score (nSPS) is 27.6. The second kappa shape index (κ2) is 5.09. The van der Waals surface area contributed by atoms with Crippen LogP contribution in [-0.4, -0.2) is 47.8 Å². The number of aromatic amines is 1. The van der Waals surface area contributed by atoms with E-state index in [0.717, 1.165) is 5.39 Å². The van der Waals surface area contributed by atoms with Crippen LogP contribution < -0.4 is 10.2 Å². The molecule has 124 valence electrons. The summed E-state index contributed by atoms with van der Waals surface area (Å²) in [7, 11) is 1.59. The number of benzene rings is 1. The average Bonchev–Trinajstić information content (AvgIpc) is 2.58. The second-order valence-electron chi connectivity index (χ2n) is 6.65. The van der Waals surface area contributed by atoms with Gasteiger partial charge in [0.25, 0.3) is 5.56 Å². The van der Waals surface area contributed by atoms with Crippen molar-refractivity contribution in [3.05, 3.63) is 57.2 Å². The number of hydrogen-bond acceptors (Lipinski definition) is 4. The van der Waals surface area contributed by atoms with Gasteiger partial charge >= 0.3 is 0 Å². The van der Waals surface area contributed by atoms with Crippen molar-refractivity contribution in [2.45, 2.75) is 0 Å². The van der Waals surface area contributed by atoms with E-state index in [2.05, 4.69) is 9.97 Å². The maximum atomic E-state index is 13.1. The number of pyridine rings is 2. The lowest BCUT2D eigenvalue weighted by atomic mass is 10.1. The van der Waals surface area contributed by atoms with Gasteiger partial charge in [-0.05, 0) is 12.1 Å². The molecule has 0 atom stereocenters. The van der Waals surface area contributed by atoms with Gasteiger partial charge in [-0.25, -0.2) is 0 Å². The fraction of sp³-hybridized carbons (Fsp3) is 0.294. The number of aromatic nitrogens is 2. The molecule has 0 saturated carbocycles. The number of hydrogen-bond donors (Lipinski definition) is 1. The molecule has 1 N–H and O–H groups in total. The molecule has 24 heavy (non-hydrogen) atoms. The third kappa shape index (κ3) is 2.38. The highest BCUT2D eigenvalue weighted by Crippen LogP contribution is 2.28. The molecule has 7 nitrogen and oxygen atoms in total. The summed E-state index contributed by atoms with van der Waals surface area (Å²) in [6, 6.07) is 10.6. The Labute approximate surface area is 138 Å². The summed E-state index contributed by atoms with van der Waals surface area (Å²) in [5, 5.41) is 26.4. The van der Waals surface area contributed by atoms with Gasteiger partial charge in [0.2, 0.25) is 5.82 Å². The lowest BCUT2D eigenvalue weighted by molar-refractivity contribution is -0.864. The lowest BCUT2D eigenvalue weighted by Crippen LogP contribution is -2.62. The van der Waals surface area contributed by atoms with E-state index in [1.807, 2.05) is 12.1 Å². The second-order valence-corrected chi connectivity index (χ2v) is 6.65. The Bertz CT molecular complexity index is 986. The van der Waals surface area contributed by atoms with Crippen LogP contribution in [0.5, 0.6) is 0 Å². The maximum Gasteiger partial charge on any atom is 0.256 e. The molecule has 0 amide bonds. The lowest BCUT2D eigenvalue weighted by Gasteiger charge is -2.51. The minimum absolute atomic E-state index is 0.170. The Morgan fingerprint density at radius 3 is 2.38 bits per heavy atom. The first-order valence-electron chi connectivity index (χ1n) is 7.94. The molecule has 7 heteroatoms. The average molecular weight is 326 g/mol. The van der Waals surface area contributed by atoms with Crippen LogP contribution in [0.15, 0.2) is 41.2 Å². The highest BCUT2D eigenvalue weighted by Gasteiger charge is 2.32. The van der Waals surface area contributed by atoms with E-state index in [-0.39, 0.29) is 36.4 Å². The summed E-state index contributed by atoms with van der Waals surface area (Å²) < 4.78 is -0.981. The Morgan fingerprint density at radius 1 is 1.00 bits per heavy atom. The molecular formula is C17H18N4O3. The standard InChI is InChI=1S/C17H18N4O3/c1-20(23)8-10-21(24,11-9-20)15-7-6-14-16(19-15)12-4-2-3-5-13(12)17(22)18-14/h2-7H,8-11H2,1H3,(H,18,22). The van der Waals surface area contributed by atoms with Crippen LogP contribution in [0.4, 0.5) is 5.82 Å². The monoisotopic (exact) mass is 326 g/mol. The summed E-state index contributed by atoms with van der Waals surface area (Å²) in [5.74, 6) is 0.388. The topological polar surface area (TPSA) is 91.9 Å². The quantitative estimate of drug-likeness (QED) is 0.419. The molecule has 0 unspecified atom stereocenters. The van der Waals surface area contributed by atoms with Gasteiger partial charge in [0, 0.05) is 16.8 Å². The Hall–Kier alpha value is -2.32. The number of rotatable bonds is 1. The van der Waals surface area contributed by atoms with Crippen molar-refractivity contribution in [2.24, 2.45) is 0 Å². The number of fused-ring (bicyclic) bond motifs is 3. The van der Waals surface area contributed by atoms with Crippen LogP contribution in [0.1, 0.15) is 0 Å². The molecule has 1 aliphatic rings. The van der Waals surface area contributed by atoms with E-state index < -0.39 is 4.65 Å². The van der Waals surface area contributed by atoms with Crippen molar-refractivity contribution >= 4 is 27.6 Å². The summed E-state index contributed by atoms with van der Waals surface area (Å²) in [5.41, 5.74) is 1.05. The zero-order chi connectivity index (χ0) is 16.9. The summed E-state index contributed by atoms with van der Waals surface area (Å²) in [6.45, 7) is 0.963. The molecule has 0 bridgehead atoms. The first-order chi connectivity index (χ1) is 11.4. The number of nitrogens with one attached hydrogen (secondary N) is 1. The smallest absolute Gasteiger partial charge is 0.256 e. The fourth-order valence-corrected chi connectivity index (χ4v) is 3.26. The number of nitrogens with zero attached hydrogens (tertiary/aromatic N) is 3. The first-order valence-corrected chi connectivity index (χ1v) is 7.94. The number of hydroxylamine groups is 5. The molecule has 1 fully saturated rings. The minimum atomic E-state index is -0.598. The van der Waals surface area contributed by atoms with Crippen LogP contribution in [0.2, 0.25) is 0 Å². The Morgan fingerprint density at radius 2 is 1.67 bits per heavy atom. The summed E-state index contributed by atoms with van der Waals surface area (Å²) in [6.07, 6.45) is 0. The molecular weight excluding hydrogens is 308 g/mol. The molecule has 4 rings (SSSR count). The van der Waals surface area contributed by atoms with Crippen molar-refractivity contribution in [1.29, 1.82) is 0 Å². The van der Waals surface area contributed by atoms with E-state index in [4.69, 9.17) is 0 Å². The van der Waals surface area contributed by atoms with E-state index in [9.17, 15) is 15.2 Å². The van der Waals surface area contributed by atoms with E-state index >= 15 is 0 Å². The van der Waals surface area contributed by atoms with Crippen molar-refractivity contribution in [3.63, 3.8) is 0 Å². The van der Waals surface area contributed by atoms with Crippen LogP contribution in [0.3, 0.4) is 0 Å². The number of quaternary nitrogens is 2. The molecule has 0 aliphatic carbocycles. The molecule has 1 aromatic carbocycles. The zero-order valence-corrected chi connectivity index (χ0v) is 13.4. The van der Waals surface area contributed by atoms with E-state index in [1.54, 1.807) is 31.3 Å². The Kier molecular flexibility index (Phi) is 3.23. The number of H-pyrrole nitrogens is 1. The van der Waals surface area contributed by atoms with Crippen molar-refractivity contribution in [1.82, 2.24) is 14.6 Å². The van der Waals surface area contributed by atoms with Crippen LogP contribution in [-0.2, 0) is 0 Å². The van der Waals surface area contributed by atoms with Crippen molar-refractivity contribution in [2.75, 3.05) is 33.2 Å². The SMILES string of the molecule is C[N+]1([O-])CC[N+]([O-])(c2ccc3[nH]c(=O)c4ccccc4c3n2)CC1. The van der Waals surface area contributed by atoms with E-state index in [1.165, 1.54) is 0 Å². The van der Waals surface area contributed by atoms with Crippen LogP contribution >= 0.6 is 0 Å². The van der Waals surface area contributed by atoms with Gasteiger partial charge in [0.1, 0.15) is 31.7 Å². The van der Waals surface area contributed by atoms with Gasteiger partial charge in [-0.1, -0.05) is 18.2 Å². The molecule has 1 saturated heterocycles. The van der Waals surface area contributed by atoms with Gasteiger partial charge < -0.3 is 24.7 Å². The minimum Gasteiger partial charge on any atom is -0.633 e. The van der Waals surface area contributed by atoms with Crippen molar-refractivity contribution in [3.8, 4) is 0 Å². The van der Waals surface area contributed by atoms with Gasteiger partial charge in [0.15, 0.2) is 0 Å².